The van der Waals surface area contributed by atoms with Crippen LogP contribution >= 0.6 is 22.9 Å². The molecule has 0 radical (unpaired) electrons. The number of anilines is 1. The Hall–Kier alpha value is -2.50. The maximum absolute atomic E-state index is 13.7. The molecule has 1 aromatic heterocycles. The van der Waals surface area contributed by atoms with Gasteiger partial charge in [-0.3, -0.25) is 9.59 Å². The number of ketones is 1. The molecule has 0 saturated carbocycles. The summed E-state index contributed by atoms with van der Waals surface area (Å²) < 4.78 is 14.1. The molecule has 0 aliphatic carbocycles. The SMILES string of the molecule is Cc1ccc(C2(C)C(=O)Nc3sc(Cl)c(-c4cccc(F)c4)c3C2=O)cc1. The molecule has 0 spiro atoms. The standard InChI is InChI=1S/C21H15ClFNO2S/c1-11-6-8-13(9-7-11)21(2)17(25)16-15(12-4-3-5-14(23)10-12)18(22)27-19(16)24-20(21)26/h3-10H,1-2H3,(H,24,26). The van der Waals surface area contributed by atoms with Crippen LogP contribution < -0.4 is 5.32 Å². The summed E-state index contributed by atoms with van der Waals surface area (Å²) in [4.78, 5) is 26.4. The van der Waals surface area contributed by atoms with Gasteiger partial charge in [-0.25, -0.2) is 4.39 Å². The number of rotatable bonds is 2. The Kier molecular flexibility index (Phi) is 4.17. The molecule has 0 bridgehead atoms. The Morgan fingerprint density at radius 2 is 1.78 bits per heavy atom. The highest BCUT2D eigenvalue weighted by Crippen LogP contribution is 2.49. The number of benzene rings is 2. The van der Waals surface area contributed by atoms with E-state index in [0.29, 0.717) is 31.6 Å². The number of aryl methyl sites for hydroxylation is 1. The first-order chi connectivity index (χ1) is 12.8. The summed E-state index contributed by atoms with van der Waals surface area (Å²) in [5.74, 6) is -1.16. The van der Waals surface area contributed by atoms with Gasteiger partial charge in [-0.2, -0.15) is 0 Å². The van der Waals surface area contributed by atoms with E-state index < -0.39 is 17.1 Å². The Morgan fingerprint density at radius 1 is 1.07 bits per heavy atom. The molecule has 4 rings (SSSR count). The number of thiophene rings is 1. The third-order valence-corrected chi connectivity index (χ3v) is 6.28. The van der Waals surface area contributed by atoms with Crippen molar-refractivity contribution in [3.63, 3.8) is 0 Å². The van der Waals surface area contributed by atoms with Crippen molar-refractivity contribution in [1.29, 1.82) is 0 Å². The molecule has 3 nitrogen and oxygen atoms in total. The lowest BCUT2D eigenvalue weighted by Gasteiger charge is -2.32. The van der Waals surface area contributed by atoms with Gasteiger partial charge < -0.3 is 5.32 Å². The number of carbonyl (C=O) groups excluding carboxylic acids is 2. The zero-order valence-electron chi connectivity index (χ0n) is 14.6. The third-order valence-electron chi connectivity index (χ3n) is 4.97. The minimum absolute atomic E-state index is 0.332. The fourth-order valence-corrected chi connectivity index (χ4v) is 4.72. The van der Waals surface area contributed by atoms with Crippen LogP contribution in [0, 0.1) is 12.7 Å². The average molecular weight is 400 g/mol. The number of Topliss-reactive ketones (excluding diaryl/α,β-unsaturated/α-hetero) is 1. The second kappa shape index (κ2) is 6.29. The Bertz CT molecular complexity index is 1090. The molecule has 1 amide bonds. The predicted octanol–water partition coefficient (Wildman–Crippen LogP) is 5.61. The smallest absolute Gasteiger partial charge is 0.243 e. The van der Waals surface area contributed by atoms with Crippen LogP contribution in [-0.2, 0) is 10.2 Å². The Labute approximate surface area is 164 Å². The summed E-state index contributed by atoms with van der Waals surface area (Å²) in [6, 6.07) is 13.2. The van der Waals surface area contributed by atoms with Gasteiger partial charge >= 0.3 is 0 Å². The number of halogens is 2. The minimum atomic E-state index is -1.38. The van der Waals surface area contributed by atoms with Crippen molar-refractivity contribution in [2.45, 2.75) is 19.3 Å². The number of hydrogen-bond acceptors (Lipinski definition) is 3. The predicted molar refractivity (Wildman–Crippen MR) is 106 cm³/mol. The van der Waals surface area contributed by atoms with E-state index in [2.05, 4.69) is 5.32 Å². The topological polar surface area (TPSA) is 46.2 Å². The van der Waals surface area contributed by atoms with Crippen LogP contribution in [0.25, 0.3) is 11.1 Å². The third kappa shape index (κ3) is 2.69. The first-order valence-electron chi connectivity index (χ1n) is 8.34. The van der Waals surface area contributed by atoms with Gasteiger partial charge in [0.05, 0.1) is 5.56 Å². The van der Waals surface area contributed by atoms with Gasteiger partial charge in [0, 0.05) is 5.56 Å². The molecular formula is C21H15ClFNO2S. The van der Waals surface area contributed by atoms with E-state index >= 15 is 0 Å². The molecule has 1 atom stereocenters. The number of amides is 1. The summed E-state index contributed by atoms with van der Waals surface area (Å²) in [5, 5.41) is 3.22. The maximum Gasteiger partial charge on any atom is 0.243 e. The second-order valence-electron chi connectivity index (χ2n) is 6.74. The summed E-state index contributed by atoms with van der Waals surface area (Å²) in [5.41, 5.74) is 1.55. The lowest BCUT2D eigenvalue weighted by molar-refractivity contribution is -0.119. The highest BCUT2D eigenvalue weighted by molar-refractivity contribution is 7.21. The van der Waals surface area contributed by atoms with Crippen LogP contribution in [0.2, 0.25) is 4.34 Å². The molecule has 2 aromatic carbocycles. The van der Waals surface area contributed by atoms with Crippen molar-refractivity contribution in [3.8, 4) is 11.1 Å². The molecule has 1 aliphatic rings. The van der Waals surface area contributed by atoms with Crippen molar-refractivity contribution in [2.24, 2.45) is 0 Å². The van der Waals surface area contributed by atoms with E-state index in [1.807, 2.05) is 19.1 Å². The van der Waals surface area contributed by atoms with Gasteiger partial charge in [0.15, 0.2) is 5.78 Å². The van der Waals surface area contributed by atoms with Crippen molar-refractivity contribution in [2.75, 3.05) is 5.32 Å². The fourth-order valence-electron chi connectivity index (χ4n) is 3.34. The van der Waals surface area contributed by atoms with Crippen LogP contribution in [0.4, 0.5) is 9.39 Å². The molecule has 1 aliphatic heterocycles. The number of fused-ring (bicyclic) bond motifs is 1. The Balaban J connectivity index is 1.93. The van der Waals surface area contributed by atoms with Gasteiger partial charge in [0.2, 0.25) is 5.91 Å². The summed E-state index contributed by atoms with van der Waals surface area (Å²) in [6.45, 7) is 3.55. The highest BCUT2D eigenvalue weighted by Gasteiger charge is 2.49. The quantitative estimate of drug-likeness (QED) is 0.569. The lowest BCUT2D eigenvalue weighted by Crippen LogP contribution is -2.48. The van der Waals surface area contributed by atoms with Crippen LogP contribution in [0.5, 0.6) is 0 Å². The zero-order valence-corrected chi connectivity index (χ0v) is 16.2. The van der Waals surface area contributed by atoms with Gasteiger partial charge in [0.25, 0.3) is 0 Å². The van der Waals surface area contributed by atoms with Crippen molar-refractivity contribution >= 4 is 39.6 Å². The van der Waals surface area contributed by atoms with Crippen LogP contribution in [0.1, 0.15) is 28.4 Å². The molecule has 136 valence electrons. The number of hydrogen-bond donors (Lipinski definition) is 1. The van der Waals surface area contributed by atoms with E-state index in [0.717, 1.165) is 16.9 Å². The number of carbonyl (C=O) groups is 2. The summed E-state index contributed by atoms with van der Waals surface area (Å²) in [6.07, 6.45) is 0. The molecule has 6 heteroatoms. The molecule has 27 heavy (non-hydrogen) atoms. The van der Waals surface area contributed by atoms with E-state index in [9.17, 15) is 14.0 Å². The first-order valence-corrected chi connectivity index (χ1v) is 9.53. The average Bonchev–Trinajstić information content (AvgIpc) is 2.96. The molecular weight excluding hydrogens is 385 g/mol. The van der Waals surface area contributed by atoms with Crippen molar-refractivity contribution < 1.29 is 14.0 Å². The normalized spacial score (nSPS) is 19.0. The van der Waals surface area contributed by atoms with Crippen LogP contribution in [-0.4, -0.2) is 11.7 Å². The minimum Gasteiger partial charge on any atom is -0.316 e. The summed E-state index contributed by atoms with van der Waals surface area (Å²) in [7, 11) is 0. The maximum atomic E-state index is 13.7. The largest absolute Gasteiger partial charge is 0.316 e. The molecule has 2 heterocycles. The lowest BCUT2D eigenvalue weighted by atomic mass is 9.73. The molecule has 3 aromatic rings. The monoisotopic (exact) mass is 399 g/mol. The van der Waals surface area contributed by atoms with Crippen molar-refractivity contribution in [3.05, 3.63) is 75.4 Å². The van der Waals surface area contributed by atoms with E-state index in [1.54, 1.807) is 31.2 Å². The van der Waals surface area contributed by atoms with Crippen LogP contribution in [0.3, 0.4) is 0 Å². The summed E-state index contributed by atoms with van der Waals surface area (Å²) >= 11 is 7.50. The highest BCUT2D eigenvalue weighted by atomic mass is 35.5. The second-order valence-corrected chi connectivity index (χ2v) is 8.36. The number of nitrogens with one attached hydrogen (secondary N) is 1. The van der Waals surface area contributed by atoms with E-state index in [4.69, 9.17) is 11.6 Å². The zero-order chi connectivity index (χ0) is 19.3. The molecule has 0 fully saturated rings. The fraction of sp³-hybridized carbons (Fsp3) is 0.143. The van der Waals surface area contributed by atoms with E-state index in [1.165, 1.54) is 12.1 Å². The van der Waals surface area contributed by atoms with Gasteiger partial charge in [0.1, 0.15) is 20.6 Å². The molecule has 0 saturated heterocycles. The Morgan fingerprint density at radius 3 is 2.44 bits per heavy atom. The van der Waals surface area contributed by atoms with Gasteiger partial charge in [-0.1, -0.05) is 53.6 Å². The first kappa shape index (κ1) is 17.9. The van der Waals surface area contributed by atoms with E-state index in [-0.39, 0.29) is 5.78 Å². The van der Waals surface area contributed by atoms with Crippen molar-refractivity contribution in [1.82, 2.24) is 0 Å². The van der Waals surface area contributed by atoms with Gasteiger partial charge in [-0.15, -0.1) is 11.3 Å². The van der Waals surface area contributed by atoms with Gasteiger partial charge in [-0.05, 0) is 37.1 Å². The molecule has 1 N–H and O–H groups in total. The molecule has 1 unspecified atom stereocenters. The van der Waals surface area contributed by atoms with Crippen LogP contribution in [0.15, 0.2) is 48.5 Å².